The monoisotopic (exact) mass is 251 g/mol. The van der Waals surface area contributed by atoms with Crippen LogP contribution in [0.5, 0.6) is 0 Å². The van der Waals surface area contributed by atoms with Gasteiger partial charge in [0.2, 0.25) is 0 Å². The molecular weight excluding hydrogens is 230 g/mol. The Morgan fingerprint density at radius 2 is 1.37 bits per heavy atom. The maximum atomic E-state index is 4.03. The molecule has 0 fully saturated rings. The number of rotatable bonds is 5. The second-order valence-electron chi connectivity index (χ2n) is 4.92. The molecule has 0 aromatic heterocycles. The van der Waals surface area contributed by atoms with Crippen molar-refractivity contribution >= 4 is 11.4 Å². The van der Waals surface area contributed by atoms with Crippen LogP contribution in [0.4, 0.5) is 11.4 Å². The van der Waals surface area contributed by atoms with Gasteiger partial charge in [0, 0.05) is 11.4 Å². The van der Waals surface area contributed by atoms with Crippen molar-refractivity contribution in [3.05, 3.63) is 73.3 Å². The molecule has 98 valence electrons. The van der Waals surface area contributed by atoms with E-state index < -0.39 is 0 Å². The van der Waals surface area contributed by atoms with Crippen LogP contribution in [0.3, 0.4) is 0 Å². The summed E-state index contributed by atoms with van der Waals surface area (Å²) in [5.41, 5.74) is 2.29. The molecule has 0 aliphatic carbocycles. The lowest BCUT2D eigenvalue weighted by molar-refractivity contribution is 0.548. The summed E-state index contributed by atoms with van der Waals surface area (Å²) in [4.78, 5) is 2.35. The molecule has 0 radical (unpaired) electrons. The Hall–Kier alpha value is -2.02. The molecule has 0 saturated heterocycles. The highest BCUT2D eigenvalue weighted by molar-refractivity contribution is 5.66. The van der Waals surface area contributed by atoms with E-state index >= 15 is 0 Å². The second kappa shape index (κ2) is 5.75. The van der Waals surface area contributed by atoms with Crippen LogP contribution in [0.1, 0.15) is 20.3 Å². The lowest BCUT2D eigenvalue weighted by Crippen LogP contribution is -2.41. The molecule has 0 bridgehead atoms. The summed E-state index contributed by atoms with van der Waals surface area (Å²) < 4.78 is 0. The van der Waals surface area contributed by atoms with E-state index in [9.17, 15) is 0 Å². The van der Waals surface area contributed by atoms with E-state index in [1.54, 1.807) is 0 Å². The number of hydrogen-bond donors (Lipinski definition) is 0. The van der Waals surface area contributed by atoms with E-state index in [1.807, 2.05) is 18.2 Å². The van der Waals surface area contributed by atoms with Crippen LogP contribution in [0.15, 0.2) is 73.3 Å². The van der Waals surface area contributed by atoms with Gasteiger partial charge in [0.25, 0.3) is 0 Å². The van der Waals surface area contributed by atoms with Crippen LogP contribution < -0.4 is 4.90 Å². The van der Waals surface area contributed by atoms with Gasteiger partial charge in [-0.3, -0.25) is 0 Å². The van der Waals surface area contributed by atoms with Crippen molar-refractivity contribution < 1.29 is 0 Å². The average molecular weight is 251 g/mol. The third kappa shape index (κ3) is 2.70. The molecule has 0 aliphatic rings. The summed E-state index contributed by atoms with van der Waals surface area (Å²) in [5, 5.41) is 0. The van der Waals surface area contributed by atoms with Crippen LogP contribution in [0.2, 0.25) is 0 Å². The largest absolute Gasteiger partial charge is 0.332 e. The van der Waals surface area contributed by atoms with Crippen molar-refractivity contribution in [2.45, 2.75) is 25.8 Å². The second-order valence-corrected chi connectivity index (χ2v) is 4.92. The van der Waals surface area contributed by atoms with E-state index in [0.29, 0.717) is 0 Å². The van der Waals surface area contributed by atoms with Crippen LogP contribution in [0.25, 0.3) is 0 Å². The van der Waals surface area contributed by atoms with Gasteiger partial charge >= 0.3 is 0 Å². The predicted molar refractivity (Wildman–Crippen MR) is 83.9 cm³/mol. The van der Waals surface area contributed by atoms with Crippen molar-refractivity contribution in [2.75, 3.05) is 4.90 Å². The molecule has 2 aromatic rings. The Balaban J connectivity index is 2.55. The summed E-state index contributed by atoms with van der Waals surface area (Å²) in [7, 11) is 0. The summed E-state index contributed by atoms with van der Waals surface area (Å²) in [6.07, 6.45) is 3.04. The minimum Gasteiger partial charge on any atom is -0.332 e. The fourth-order valence-corrected chi connectivity index (χ4v) is 2.29. The molecule has 1 unspecified atom stereocenters. The summed E-state index contributed by atoms with van der Waals surface area (Å²) in [6, 6.07) is 21.0. The molecule has 2 aromatic carbocycles. The van der Waals surface area contributed by atoms with Gasteiger partial charge < -0.3 is 4.90 Å². The Morgan fingerprint density at radius 1 is 0.947 bits per heavy atom. The maximum absolute atomic E-state index is 4.03. The van der Waals surface area contributed by atoms with Gasteiger partial charge in [-0.05, 0) is 37.6 Å². The molecule has 0 N–H and O–H groups in total. The van der Waals surface area contributed by atoms with Gasteiger partial charge in [-0.2, -0.15) is 0 Å². The molecule has 2 rings (SSSR count). The topological polar surface area (TPSA) is 3.24 Å². The molecule has 0 saturated carbocycles. The zero-order valence-electron chi connectivity index (χ0n) is 11.7. The molecule has 0 amide bonds. The van der Waals surface area contributed by atoms with E-state index in [1.165, 1.54) is 11.4 Å². The minimum atomic E-state index is -0.0945. The zero-order valence-corrected chi connectivity index (χ0v) is 11.7. The quantitative estimate of drug-likeness (QED) is 0.662. The summed E-state index contributed by atoms with van der Waals surface area (Å²) in [5.74, 6) is 0. The fraction of sp³-hybridized carbons (Fsp3) is 0.222. The molecule has 0 heterocycles. The van der Waals surface area contributed by atoms with Crippen molar-refractivity contribution in [3.8, 4) is 0 Å². The van der Waals surface area contributed by atoms with Crippen molar-refractivity contribution in [1.29, 1.82) is 0 Å². The van der Waals surface area contributed by atoms with Crippen molar-refractivity contribution in [2.24, 2.45) is 0 Å². The predicted octanol–water partition coefficient (Wildman–Crippen LogP) is 5.18. The van der Waals surface area contributed by atoms with Crippen LogP contribution >= 0.6 is 0 Å². The molecule has 0 aliphatic heterocycles. The highest BCUT2D eigenvalue weighted by atomic mass is 15.2. The molecule has 1 heteroatoms. The lowest BCUT2D eigenvalue weighted by atomic mass is 9.94. The first kappa shape index (κ1) is 13.4. The standard InChI is InChI=1S/C18H21N/c1-4-18(3,5-2)19(16-12-8-6-9-13-16)17-14-10-7-11-15-17/h4,6-15H,1,5H2,2-3H3. The average Bonchev–Trinajstić information content (AvgIpc) is 2.49. The van der Waals surface area contributed by atoms with E-state index in [2.05, 4.69) is 73.9 Å². The molecular formula is C18H21N. The molecule has 1 nitrogen and oxygen atoms in total. The lowest BCUT2D eigenvalue weighted by Gasteiger charge is -2.40. The number of benzene rings is 2. The summed E-state index contributed by atoms with van der Waals surface area (Å²) >= 11 is 0. The Labute approximate surface area is 116 Å². The third-order valence-corrected chi connectivity index (χ3v) is 3.70. The number of para-hydroxylation sites is 2. The van der Waals surface area contributed by atoms with Gasteiger partial charge in [0.1, 0.15) is 0 Å². The smallest absolute Gasteiger partial charge is 0.0600 e. The fourth-order valence-electron chi connectivity index (χ4n) is 2.29. The van der Waals surface area contributed by atoms with Crippen LogP contribution in [0, 0.1) is 0 Å². The first-order chi connectivity index (χ1) is 9.21. The number of hydrogen-bond acceptors (Lipinski definition) is 1. The van der Waals surface area contributed by atoms with Gasteiger partial charge in [0.05, 0.1) is 5.54 Å². The van der Waals surface area contributed by atoms with Gasteiger partial charge in [0.15, 0.2) is 0 Å². The third-order valence-electron chi connectivity index (χ3n) is 3.70. The van der Waals surface area contributed by atoms with Gasteiger partial charge in [-0.1, -0.05) is 49.4 Å². The molecule has 19 heavy (non-hydrogen) atoms. The van der Waals surface area contributed by atoms with E-state index in [-0.39, 0.29) is 5.54 Å². The van der Waals surface area contributed by atoms with Crippen LogP contribution in [-0.2, 0) is 0 Å². The van der Waals surface area contributed by atoms with Gasteiger partial charge in [-0.25, -0.2) is 0 Å². The number of nitrogens with zero attached hydrogens (tertiary/aromatic N) is 1. The van der Waals surface area contributed by atoms with E-state index in [0.717, 1.165) is 6.42 Å². The minimum absolute atomic E-state index is 0.0945. The first-order valence-corrected chi connectivity index (χ1v) is 6.75. The van der Waals surface area contributed by atoms with Crippen molar-refractivity contribution in [1.82, 2.24) is 0 Å². The highest BCUT2D eigenvalue weighted by Crippen LogP contribution is 2.35. The molecule has 1 atom stereocenters. The van der Waals surface area contributed by atoms with E-state index in [4.69, 9.17) is 0 Å². The maximum Gasteiger partial charge on any atom is 0.0600 e. The molecule has 0 spiro atoms. The van der Waals surface area contributed by atoms with Crippen molar-refractivity contribution in [3.63, 3.8) is 0 Å². The van der Waals surface area contributed by atoms with Crippen LogP contribution in [-0.4, -0.2) is 5.54 Å². The normalized spacial score (nSPS) is 13.6. The Kier molecular flexibility index (Phi) is 4.06. The number of anilines is 2. The Bertz CT molecular complexity index is 478. The van der Waals surface area contributed by atoms with Gasteiger partial charge in [-0.15, -0.1) is 6.58 Å². The Morgan fingerprint density at radius 3 is 1.68 bits per heavy atom. The SMILES string of the molecule is C=CC(C)(CC)N(c1ccccc1)c1ccccc1. The summed E-state index contributed by atoms with van der Waals surface area (Å²) in [6.45, 7) is 8.45. The first-order valence-electron chi connectivity index (χ1n) is 6.75. The highest BCUT2D eigenvalue weighted by Gasteiger charge is 2.28. The zero-order chi connectivity index (χ0) is 13.7.